The van der Waals surface area contributed by atoms with Gasteiger partial charge in [-0.3, -0.25) is 4.79 Å². The first kappa shape index (κ1) is 17.5. The van der Waals surface area contributed by atoms with Crippen LogP contribution in [-0.4, -0.2) is 43.0 Å². The van der Waals surface area contributed by atoms with Crippen molar-refractivity contribution in [3.63, 3.8) is 0 Å². The van der Waals surface area contributed by atoms with E-state index in [9.17, 15) is 4.79 Å². The van der Waals surface area contributed by atoms with Crippen molar-refractivity contribution in [1.29, 1.82) is 0 Å². The number of halogens is 2. The third kappa shape index (κ3) is 4.58. The lowest BCUT2D eigenvalue weighted by Gasteiger charge is -2.18. The minimum absolute atomic E-state index is 0.173. The average molecular weight is 354 g/mol. The summed E-state index contributed by atoms with van der Waals surface area (Å²) in [5.41, 5.74) is 0.372. The van der Waals surface area contributed by atoms with Crippen LogP contribution in [0.15, 0.2) is 36.5 Å². The summed E-state index contributed by atoms with van der Waals surface area (Å²) in [6.07, 6.45) is 1.56. The van der Waals surface area contributed by atoms with E-state index in [0.717, 1.165) is 0 Å². The Morgan fingerprint density at radius 2 is 2.13 bits per heavy atom. The van der Waals surface area contributed by atoms with Crippen LogP contribution >= 0.6 is 23.2 Å². The first-order valence-electron chi connectivity index (χ1n) is 7.01. The lowest BCUT2D eigenvalue weighted by molar-refractivity contribution is 0.0793. The molecule has 0 aliphatic heterocycles. The van der Waals surface area contributed by atoms with E-state index in [0.29, 0.717) is 34.4 Å². The van der Waals surface area contributed by atoms with Crippen molar-refractivity contribution in [1.82, 2.24) is 15.2 Å². The normalized spacial score (nSPS) is 10.4. The number of aromatic nitrogens is 1. The van der Waals surface area contributed by atoms with Crippen LogP contribution < -0.4 is 10.1 Å². The van der Waals surface area contributed by atoms with E-state index in [2.05, 4.69) is 10.3 Å². The van der Waals surface area contributed by atoms with Crippen LogP contribution in [0.4, 0.5) is 0 Å². The number of carbonyl (C=O) groups is 1. The first-order valence-corrected chi connectivity index (χ1v) is 7.76. The predicted octanol–water partition coefficient (Wildman–Crippen LogP) is 3.47. The van der Waals surface area contributed by atoms with Gasteiger partial charge in [-0.25, -0.2) is 4.98 Å². The monoisotopic (exact) mass is 353 g/mol. The number of likely N-dealkylation sites (N-methyl/N-ethyl adjacent to an activating group) is 2. The van der Waals surface area contributed by atoms with Gasteiger partial charge in [-0.05, 0) is 37.4 Å². The van der Waals surface area contributed by atoms with E-state index in [4.69, 9.17) is 27.9 Å². The highest BCUT2D eigenvalue weighted by atomic mass is 35.5. The van der Waals surface area contributed by atoms with Crippen LogP contribution in [0.5, 0.6) is 11.6 Å². The molecule has 0 aliphatic carbocycles. The minimum Gasteiger partial charge on any atom is -0.437 e. The van der Waals surface area contributed by atoms with Gasteiger partial charge in [0, 0.05) is 31.4 Å². The topological polar surface area (TPSA) is 54.5 Å². The Labute approximate surface area is 145 Å². The zero-order valence-corrected chi connectivity index (χ0v) is 14.4. The van der Waals surface area contributed by atoms with E-state index < -0.39 is 0 Å². The van der Waals surface area contributed by atoms with E-state index >= 15 is 0 Å². The Hall–Kier alpha value is -1.82. The molecule has 7 heteroatoms. The third-order valence-corrected chi connectivity index (χ3v) is 3.68. The number of benzene rings is 1. The quantitative estimate of drug-likeness (QED) is 0.863. The van der Waals surface area contributed by atoms with Crippen molar-refractivity contribution in [2.75, 3.05) is 27.2 Å². The zero-order valence-electron chi connectivity index (χ0n) is 12.8. The number of rotatable bonds is 6. The molecule has 2 aromatic rings. The van der Waals surface area contributed by atoms with Gasteiger partial charge in [-0.15, -0.1) is 0 Å². The molecule has 0 saturated heterocycles. The highest BCUT2D eigenvalue weighted by molar-refractivity contribution is 6.35. The number of carbonyl (C=O) groups excluding carboxylic acids is 1. The van der Waals surface area contributed by atoms with Gasteiger partial charge in [0.15, 0.2) is 0 Å². The SMILES string of the molecule is CNCCN(C)C(=O)c1cccnc1Oc1ccc(Cl)cc1Cl. The highest BCUT2D eigenvalue weighted by Crippen LogP contribution is 2.32. The van der Waals surface area contributed by atoms with Crippen molar-refractivity contribution < 1.29 is 9.53 Å². The number of nitrogens with one attached hydrogen (secondary N) is 1. The molecule has 2 rings (SSSR count). The number of hydrogen-bond donors (Lipinski definition) is 1. The molecule has 0 radical (unpaired) electrons. The standard InChI is InChI=1S/C16H17Cl2N3O2/c1-19-8-9-21(2)16(22)12-4-3-7-20-15(12)23-14-6-5-11(17)10-13(14)18/h3-7,10,19H,8-9H2,1-2H3. The molecule has 0 atom stereocenters. The molecule has 1 aromatic heterocycles. The largest absolute Gasteiger partial charge is 0.437 e. The van der Waals surface area contributed by atoms with Crippen molar-refractivity contribution >= 4 is 29.1 Å². The summed E-state index contributed by atoms with van der Waals surface area (Å²) in [6, 6.07) is 8.23. The highest BCUT2D eigenvalue weighted by Gasteiger charge is 2.18. The Balaban J connectivity index is 2.25. The summed E-state index contributed by atoms with van der Waals surface area (Å²) in [5, 5.41) is 3.86. The molecule has 0 aliphatic rings. The number of ether oxygens (including phenoxy) is 1. The molecule has 1 N–H and O–H groups in total. The van der Waals surface area contributed by atoms with Crippen molar-refractivity contribution in [2.24, 2.45) is 0 Å². The fourth-order valence-corrected chi connectivity index (χ4v) is 2.33. The van der Waals surface area contributed by atoms with Crippen molar-refractivity contribution in [3.8, 4) is 11.6 Å². The van der Waals surface area contributed by atoms with Crippen LogP contribution in [0.25, 0.3) is 0 Å². The molecule has 1 amide bonds. The molecule has 0 saturated carbocycles. The molecule has 122 valence electrons. The van der Waals surface area contributed by atoms with Gasteiger partial charge in [-0.2, -0.15) is 0 Å². The van der Waals surface area contributed by atoms with Gasteiger partial charge >= 0.3 is 0 Å². The Bertz CT molecular complexity index is 695. The van der Waals surface area contributed by atoms with Crippen LogP contribution in [0.1, 0.15) is 10.4 Å². The maximum absolute atomic E-state index is 12.5. The molecule has 0 unspecified atom stereocenters. The lowest BCUT2D eigenvalue weighted by atomic mass is 10.2. The van der Waals surface area contributed by atoms with Crippen LogP contribution in [0.3, 0.4) is 0 Å². The second-order valence-electron chi connectivity index (χ2n) is 4.86. The summed E-state index contributed by atoms with van der Waals surface area (Å²) < 4.78 is 5.71. The van der Waals surface area contributed by atoms with Gasteiger partial charge in [-0.1, -0.05) is 23.2 Å². The molecule has 1 aromatic carbocycles. The molecule has 23 heavy (non-hydrogen) atoms. The van der Waals surface area contributed by atoms with Crippen LogP contribution in [0.2, 0.25) is 10.0 Å². The third-order valence-electron chi connectivity index (χ3n) is 3.15. The summed E-state index contributed by atoms with van der Waals surface area (Å²) in [4.78, 5) is 18.3. The van der Waals surface area contributed by atoms with Crippen molar-refractivity contribution in [2.45, 2.75) is 0 Å². The summed E-state index contributed by atoms with van der Waals surface area (Å²) in [5.74, 6) is 0.424. The van der Waals surface area contributed by atoms with Gasteiger partial charge in [0.25, 0.3) is 5.91 Å². The summed E-state index contributed by atoms with van der Waals surface area (Å²) >= 11 is 12.0. The van der Waals surface area contributed by atoms with Crippen LogP contribution in [0, 0.1) is 0 Å². The molecule has 0 fully saturated rings. The number of hydrogen-bond acceptors (Lipinski definition) is 4. The van der Waals surface area contributed by atoms with Gasteiger partial charge in [0.2, 0.25) is 5.88 Å². The lowest BCUT2D eigenvalue weighted by Crippen LogP contribution is -2.33. The Kier molecular flexibility index (Phi) is 6.21. The molecular formula is C16H17Cl2N3O2. The second kappa shape index (κ2) is 8.15. The van der Waals surface area contributed by atoms with E-state index in [1.807, 2.05) is 7.05 Å². The van der Waals surface area contributed by atoms with Crippen LogP contribution in [-0.2, 0) is 0 Å². The average Bonchev–Trinajstić information content (AvgIpc) is 2.55. The van der Waals surface area contributed by atoms with Crippen molar-refractivity contribution in [3.05, 3.63) is 52.1 Å². The molecular weight excluding hydrogens is 337 g/mol. The fraction of sp³-hybridized carbons (Fsp3) is 0.250. The van der Waals surface area contributed by atoms with E-state index in [1.165, 1.54) is 0 Å². The van der Waals surface area contributed by atoms with E-state index in [1.54, 1.807) is 48.5 Å². The molecule has 0 bridgehead atoms. The van der Waals surface area contributed by atoms with Gasteiger partial charge < -0.3 is 15.0 Å². The fourth-order valence-electron chi connectivity index (χ4n) is 1.88. The Morgan fingerprint density at radius 1 is 1.35 bits per heavy atom. The number of pyridine rings is 1. The number of amides is 1. The maximum atomic E-state index is 12.5. The smallest absolute Gasteiger partial charge is 0.259 e. The molecule has 0 spiro atoms. The minimum atomic E-state index is -0.173. The summed E-state index contributed by atoms with van der Waals surface area (Å²) in [6.45, 7) is 1.27. The number of nitrogens with zero attached hydrogens (tertiary/aromatic N) is 2. The van der Waals surface area contributed by atoms with Gasteiger partial charge in [0.05, 0.1) is 5.02 Å². The summed E-state index contributed by atoms with van der Waals surface area (Å²) in [7, 11) is 3.56. The Morgan fingerprint density at radius 3 is 2.83 bits per heavy atom. The predicted molar refractivity (Wildman–Crippen MR) is 91.7 cm³/mol. The van der Waals surface area contributed by atoms with Gasteiger partial charge in [0.1, 0.15) is 11.3 Å². The second-order valence-corrected chi connectivity index (χ2v) is 5.71. The first-order chi connectivity index (χ1) is 11.0. The molecule has 5 nitrogen and oxygen atoms in total. The van der Waals surface area contributed by atoms with E-state index in [-0.39, 0.29) is 11.8 Å². The molecule has 1 heterocycles. The maximum Gasteiger partial charge on any atom is 0.259 e. The zero-order chi connectivity index (χ0) is 16.8.